The van der Waals surface area contributed by atoms with Crippen molar-refractivity contribution in [2.45, 2.75) is 5.25 Å². The molecule has 1 atom stereocenters. The van der Waals surface area contributed by atoms with Crippen molar-refractivity contribution in [2.24, 2.45) is 0 Å². The van der Waals surface area contributed by atoms with E-state index in [1.807, 2.05) is 23.5 Å². The molecule has 0 aromatic heterocycles. The summed E-state index contributed by atoms with van der Waals surface area (Å²) >= 11 is 3.87. The summed E-state index contributed by atoms with van der Waals surface area (Å²) in [6.07, 6.45) is 5.22. The van der Waals surface area contributed by atoms with Crippen LogP contribution < -0.4 is 0 Å². The molecule has 0 aromatic rings. The maximum absolute atomic E-state index is 5.22. The molecule has 0 amide bonds. The van der Waals surface area contributed by atoms with Crippen LogP contribution >= 0.6 is 23.5 Å². The fourth-order valence-corrected chi connectivity index (χ4v) is 2.97. The predicted octanol–water partition coefficient (Wildman–Crippen LogP) is 1.47. The van der Waals surface area contributed by atoms with Gasteiger partial charge in [0, 0.05) is 17.3 Å². The zero-order valence-corrected chi connectivity index (χ0v) is 6.23. The van der Waals surface area contributed by atoms with Crippen LogP contribution in [0.2, 0.25) is 0 Å². The first-order valence-corrected chi connectivity index (χ1v) is 4.79. The fourth-order valence-electron chi connectivity index (χ4n) is 0.584. The van der Waals surface area contributed by atoms with Crippen molar-refractivity contribution < 1.29 is 0 Å². The molecule has 1 rings (SSSR count). The molecule has 0 nitrogen and oxygen atoms in total. The van der Waals surface area contributed by atoms with Gasteiger partial charge in [-0.3, -0.25) is 0 Å². The standard InChI is InChI=1S/C6H8S2/c1-2-6-5-7-3-4-8-6/h1,6H,3-5H2. The lowest BCUT2D eigenvalue weighted by molar-refractivity contribution is 1.28. The fraction of sp³-hybridized carbons (Fsp3) is 0.667. The van der Waals surface area contributed by atoms with Crippen LogP contribution in [-0.2, 0) is 0 Å². The van der Waals surface area contributed by atoms with Crippen LogP contribution in [0, 0.1) is 12.3 Å². The minimum absolute atomic E-state index is 0.494. The first-order valence-electron chi connectivity index (χ1n) is 2.59. The van der Waals surface area contributed by atoms with E-state index in [-0.39, 0.29) is 0 Å². The quantitative estimate of drug-likeness (QED) is 0.472. The van der Waals surface area contributed by atoms with Gasteiger partial charge in [-0.25, -0.2) is 0 Å². The van der Waals surface area contributed by atoms with Crippen molar-refractivity contribution in [2.75, 3.05) is 17.3 Å². The highest BCUT2D eigenvalue weighted by molar-refractivity contribution is 8.06. The lowest BCUT2D eigenvalue weighted by Crippen LogP contribution is -2.10. The molecular weight excluding hydrogens is 136 g/mol. The van der Waals surface area contributed by atoms with Gasteiger partial charge in [0.2, 0.25) is 0 Å². The molecule has 1 unspecified atom stereocenters. The van der Waals surface area contributed by atoms with Crippen LogP contribution in [0.3, 0.4) is 0 Å². The van der Waals surface area contributed by atoms with Gasteiger partial charge >= 0.3 is 0 Å². The molecule has 1 heterocycles. The molecule has 0 radical (unpaired) electrons. The van der Waals surface area contributed by atoms with Crippen LogP contribution in [0.15, 0.2) is 0 Å². The monoisotopic (exact) mass is 144 g/mol. The average Bonchev–Trinajstić information content (AvgIpc) is 1.90. The van der Waals surface area contributed by atoms with Crippen LogP contribution in [0.25, 0.3) is 0 Å². The molecule has 0 bridgehead atoms. The second-order valence-corrected chi connectivity index (χ2v) is 4.06. The van der Waals surface area contributed by atoms with E-state index < -0.39 is 0 Å². The summed E-state index contributed by atoms with van der Waals surface area (Å²) in [6.45, 7) is 0. The Bertz CT molecular complexity index is 97.6. The molecular formula is C6H8S2. The molecule has 2 heteroatoms. The van der Waals surface area contributed by atoms with Gasteiger partial charge in [0.15, 0.2) is 0 Å². The molecule has 0 aliphatic carbocycles. The molecule has 0 N–H and O–H groups in total. The maximum Gasteiger partial charge on any atom is 0.0744 e. The van der Waals surface area contributed by atoms with E-state index >= 15 is 0 Å². The van der Waals surface area contributed by atoms with Gasteiger partial charge in [0.1, 0.15) is 0 Å². The Morgan fingerprint density at radius 3 is 2.75 bits per heavy atom. The number of thioether (sulfide) groups is 2. The summed E-state index contributed by atoms with van der Waals surface area (Å²) in [4.78, 5) is 0. The van der Waals surface area contributed by atoms with Gasteiger partial charge in [0.05, 0.1) is 5.25 Å². The molecule has 0 saturated carbocycles. The largest absolute Gasteiger partial charge is 0.159 e. The average molecular weight is 144 g/mol. The Kier molecular flexibility index (Phi) is 2.65. The third kappa shape index (κ3) is 1.65. The maximum atomic E-state index is 5.22. The van der Waals surface area contributed by atoms with Gasteiger partial charge in [-0.05, 0) is 0 Å². The molecule has 1 aliphatic heterocycles. The Morgan fingerprint density at radius 2 is 2.38 bits per heavy atom. The predicted molar refractivity (Wildman–Crippen MR) is 42.4 cm³/mol. The van der Waals surface area contributed by atoms with Crippen molar-refractivity contribution in [1.82, 2.24) is 0 Å². The van der Waals surface area contributed by atoms with E-state index in [2.05, 4.69) is 5.92 Å². The van der Waals surface area contributed by atoms with Crippen LogP contribution in [0.4, 0.5) is 0 Å². The van der Waals surface area contributed by atoms with Gasteiger partial charge in [-0.1, -0.05) is 5.92 Å². The van der Waals surface area contributed by atoms with Crippen molar-refractivity contribution in [3.8, 4) is 12.3 Å². The highest BCUT2D eigenvalue weighted by atomic mass is 32.2. The first-order chi connectivity index (χ1) is 3.93. The third-order valence-corrected chi connectivity index (χ3v) is 3.68. The molecule has 1 saturated heterocycles. The van der Waals surface area contributed by atoms with Gasteiger partial charge in [0.25, 0.3) is 0 Å². The van der Waals surface area contributed by atoms with Crippen molar-refractivity contribution in [3.05, 3.63) is 0 Å². The van der Waals surface area contributed by atoms with Gasteiger partial charge in [-0.2, -0.15) is 11.8 Å². The summed E-state index contributed by atoms with van der Waals surface area (Å²) in [5.41, 5.74) is 0. The van der Waals surface area contributed by atoms with E-state index in [9.17, 15) is 0 Å². The Hall–Kier alpha value is 0.260. The third-order valence-electron chi connectivity index (χ3n) is 1.00. The molecule has 44 valence electrons. The summed E-state index contributed by atoms with van der Waals surface area (Å²) in [5.74, 6) is 6.42. The molecule has 0 aromatic carbocycles. The van der Waals surface area contributed by atoms with Crippen LogP contribution in [-0.4, -0.2) is 22.5 Å². The van der Waals surface area contributed by atoms with E-state index in [0.29, 0.717) is 5.25 Å². The van der Waals surface area contributed by atoms with Crippen molar-refractivity contribution in [3.63, 3.8) is 0 Å². The number of terminal acetylenes is 1. The Labute approximate surface area is 58.8 Å². The van der Waals surface area contributed by atoms with Crippen LogP contribution in [0.1, 0.15) is 0 Å². The van der Waals surface area contributed by atoms with Gasteiger partial charge < -0.3 is 0 Å². The van der Waals surface area contributed by atoms with E-state index in [1.165, 1.54) is 11.5 Å². The minimum atomic E-state index is 0.494. The smallest absolute Gasteiger partial charge is 0.0744 e. The van der Waals surface area contributed by atoms with Crippen LogP contribution in [0.5, 0.6) is 0 Å². The Balaban J connectivity index is 2.25. The summed E-state index contributed by atoms with van der Waals surface area (Å²) in [7, 11) is 0. The van der Waals surface area contributed by atoms with Gasteiger partial charge in [-0.15, -0.1) is 18.2 Å². The topological polar surface area (TPSA) is 0 Å². The highest BCUT2D eigenvalue weighted by Crippen LogP contribution is 2.22. The SMILES string of the molecule is C#CC1CSCCS1. The van der Waals surface area contributed by atoms with Crippen molar-refractivity contribution in [1.29, 1.82) is 0 Å². The highest BCUT2D eigenvalue weighted by Gasteiger charge is 2.09. The summed E-state index contributed by atoms with van der Waals surface area (Å²) in [6, 6.07) is 0. The second-order valence-electron chi connectivity index (χ2n) is 1.60. The van der Waals surface area contributed by atoms with E-state index in [4.69, 9.17) is 6.42 Å². The summed E-state index contributed by atoms with van der Waals surface area (Å²) < 4.78 is 0. The molecule has 8 heavy (non-hydrogen) atoms. The number of hydrogen-bond acceptors (Lipinski definition) is 2. The molecule has 0 spiro atoms. The lowest BCUT2D eigenvalue weighted by Gasteiger charge is -2.14. The Morgan fingerprint density at radius 1 is 1.50 bits per heavy atom. The second kappa shape index (κ2) is 3.32. The summed E-state index contributed by atoms with van der Waals surface area (Å²) in [5, 5.41) is 0.494. The first kappa shape index (κ1) is 6.38. The number of hydrogen-bond donors (Lipinski definition) is 0. The lowest BCUT2D eigenvalue weighted by atomic mass is 10.5. The molecule has 1 aliphatic rings. The normalized spacial score (nSPS) is 29.1. The molecule has 1 fully saturated rings. The van der Waals surface area contributed by atoms with Crippen molar-refractivity contribution >= 4 is 23.5 Å². The van der Waals surface area contributed by atoms with E-state index in [0.717, 1.165) is 5.75 Å². The zero-order chi connectivity index (χ0) is 5.82. The number of rotatable bonds is 0. The minimum Gasteiger partial charge on any atom is -0.159 e. The van der Waals surface area contributed by atoms with E-state index in [1.54, 1.807) is 0 Å². The zero-order valence-electron chi connectivity index (χ0n) is 4.59.